The van der Waals surface area contributed by atoms with E-state index in [2.05, 4.69) is 0 Å². The molecule has 6 heteroatoms. The number of carboxylic acid groups (broad SMARTS) is 1. The maximum atomic E-state index is 12.5. The molecule has 3 fully saturated rings. The van der Waals surface area contributed by atoms with Crippen molar-refractivity contribution in [3.05, 3.63) is 0 Å². The maximum Gasteiger partial charge on any atom is 0.332 e. The van der Waals surface area contributed by atoms with Crippen LogP contribution in [0.25, 0.3) is 0 Å². The summed E-state index contributed by atoms with van der Waals surface area (Å²) < 4.78 is 11.4. The fraction of sp³-hybridized carbons (Fsp3) is 0.867. The molecule has 1 spiro atoms. The van der Waals surface area contributed by atoms with E-state index in [1.165, 1.54) is 6.42 Å². The van der Waals surface area contributed by atoms with Gasteiger partial charge in [-0.1, -0.05) is 19.3 Å². The van der Waals surface area contributed by atoms with E-state index in [0.29, 0.717) is 32.5 Å². The molecule has 21 heavy (non-hydrogen) atoms. The second kappa shape index (κ2) is 5.93. The number of carbonyl (C=O) groups is 2. The van der Waals surface area contributed by atoms with Crippen LogP contribution in [-0.2, 0) is 19.1 Å². The Balaban J connectivity index is 1.61. The molecular weight excluding hydrogens is 274 g/mol. The van der Waals surface area contributed by atoms with Crippen LogP contribution in [0.5, 0.6) is 0 Å². The second-order valence-electron chi connectivity index (χ2n) is 6.38. The lowest BCUT2D eigenvalue weighted by Gasteiger charge is -2.45. The van der Waals surface area contributed by atoms with Crippen molar-refractivity contribution in [2.45, 2.75) is 62.8 Å². The molecule has 1 N–H and O–H groups in total. The van der Waals surface area contributed by atoms with E-state index in [0.717, 1.165) is 25.7 Å². The lowest BCUT2D eigenvalue weighted by molar-refractivity contribution is -0.168. The Bertz CT molecular complexity index is 413. The van der Waals surface area contributed by atoms with Crippen molar-refractivity contribution in [2.24, 2.45) is 0 Å². The monoisotopic (exact) mass is 297 g/mol. The SMILES string of the molecule is O=C(O)[C@H]1CC[C@@H](C(=O)N2CCOC3(CCCCC3)C2)O1. The summed E-state index contributed by atoms with van der Waals surface area (Å²) in [6.45, 7) is 1.78. The normalized spacial score (nSPS) is 32.3. The quantitative estimate of drug-likeness (QED) is 0.828. The molecule has 2 heterocycles. The Hall–Kier alpha value is -1.14. The van der Waals surface area contributed by atoms with E-state index in [1.54, 1.807) is 0 Å². The summed E-state index contributed by atoms with van der Waals surface area (Å²) in [5.74, 6) is -1.04. The van der Waals surface area contributed by atoms with Gasteiger partial charge >= 0.3 is 5.97 Å². The summed E-state index contributed by atoms with van der Waals surface area (Å²) in [5, 5.41) is 8.95. The predicted octanol–water partition coefficient (Wildman–Crippen LogP) is 1.18. The number of aliphatic carboxylic acids is 1. The van der Waals surface area contributed by atoms with Crippen LogP contribution in [0.4, 0.5) is 0 Å². The molecule has 118 valence electrons. The first-order chi connectivity index (χ1) is 10.1. The maximum absolute atomic E-state index is 12.5. The second-order valence-corrected chi connectivity index (χ2v) is 6.38. The summed E-state index contributed by atoms with van der Waals surface area (Å²) in [6, 6.07) is 0. The van der Waals surface area contributed by atoms with Crippen molar-refractivity contribution in [3.8, 4) is 0 Å². The molecule has 3 aliphatic rings. The molecule has 1 aliphatic carbocycles. The largest absolute Gasteiger partial charge is 0.479 e. The number of carbonyl (C=O) groups excluding carboxylic acids is 1. The zero-order chi connectivity index (χ0) is 14.9. The van der Waals surface area contributed by atoms with E-state index in [-0.39, 0.29) is 11.5 Å². The number of rotatable bonds is 2. The van der Waals surface area contributed by atoms with E-state index in [1.807, 2.05) is 4.90 Å². The molecule has 2 atom stereocenters. The minimum atomic E-state index is -0.976. The van der Waals surface area contributed by atoms with Gasteiger partial charge in [0.15, 0.2) is 6.10 Å². The van der Waals surface area contributed by atoms with Gasteiger partial charge in [-0.3, -0.25) is 4.79 Å². The zero-order valence-corrected chi connectivity index (χ0v) is 12.3. The number of hydrogen-bond acceptors (Lipinski definition) is 4. The molecule has 1 amide bonds. The predicted molar refractivity (Wildman–Crippen MR) is 73.9 cm³/mol. The number of nitrogens with zero attached hydrogens (tertiary/aromatic N) is 1. The van der Waals surface area contributed by atoms with Crippen LogP contribution >= 0.6 is 0 Å². The lowest BCUT2D eigenvalue weighted by Crippen LogP contribution is -2.56. The average Bonchev–Trinajstić information content (AvgIpc) is 2.97. The molecule has 0 aromatic heterocycles. The minimum absolute atomic E-state index is 0.0630. The Morgan fingerprint density at radius 3 is 2.48 bits per heavy atom. The molecule has 0 aromatic carbocycles. The zero-order valence-electron chi connectivity index (χ0n) is 12.3. The van der Waals surface area contributed by atoms with Crippen molar-refractivity contribution in [2.75, 3.05) is 19.7 Å². The smallest absolute Gasteiger partial charge is 0.332 e. The summed E-state index contributed by atoms with van der Waals surface area (Å²) in [4.78, 5) is 25.3. The van der Waals surface area contributed by atoms with Gasteiger partial charge in [-0.05, 0) is 25.7 Å². The molecule has 0 bridgehead atoms. The third kappa shape index (κ3) is 3.06. The van der Waals surface area contributed by atoms with Crippen molar-refractivity contribution < 1.29 is 24.2 Å². The fourth-order valence-corrected chi connectivity index (χ4v) is 3.74. The van der Waals surface area contributed by atoms with Crippen LogP contribution < -0.4 is 0 Å². The van der Waals surface area contributed by atoms with Gasteiger partial charge in [0.1, 0.15) is 6.10 Å². The first-order valence-corrected chi connectivity index (χ1v) is 7.91. The van der Waals surface area contributed by atoms with Crippen molar-refractivity contribution in [3.63, 3.8) is 0 Å². The van der Waals surface area contributed by atoms with Crippen LogP contribution in [0.15, 0.2) is 0 Å². The van der Waals surface area contributed by atoms with Gasteiger partial charge in [-0.25, -0.2) is 4.79 Å². The third-order valence-corrected chi connectivity index (χ3v) is 4.90. The van der Waals surface area contributed by atoms with Crippen LogP contribution in [0.3, 0.4) is 0 Å². The lowest BCUT2D eigenvalue weighted by atomic mass is 9.83. The van der Waals surface area contributed by atoms with Crippen LogP contribution in [0, 0.1) is 0 Å². The summed E-state index contributed by atoms with van der Waals surface area (Å²) in [5.41, 5.74) is -0.170. The van der Waals surface area contributed by atoms with Crippen LogP contribution in [0.1, 0.15) is 44.9 Å². The topological polar surface area (TPSA) is 76.1 Å². The Labute approximate surface area is 124 Å². The highest BCUT2D eigenvalue weighted by Gasteiger charge is 2.42. The van der Waals surface area contributed by atoms with Crippen molar-refractivity contribution in [1.29, 1.82) is 0 Å². The summed E-state index contributed by atoms with van der Waals surface area (Å²) >= 11 is 0. The van der Waals surface area contributed by atoms with Crippen LogP contribution in [0.2, 0.25) is 0 Å². The van der Waals surface area contributed by atoms with Gasteiger partial charge in [0.25, 0.3) is 5.91 Å². The molecular formula is C15H23NO5. The van der Waals surface area contributed by atoms with Crippen molar-refractivity contribution in [1.82, 2.24) is 4.90 Å². The fourth-order valence-electron chi connectivity index (χ4n) is 3.74. The van der Waals surface area contributed by atoms with Crippen molar-refractivity contribution >= 4 is 11.9 Å². The standard InChI is InChI=1S/C15H23NO5/c17-13(11-4-5-12(21-11)14(18)19)16-8-9-20-15(10-16)6-2-1-3-7-15/h11-12H,1-10H2,(H,18,19)/t11-,12+/m0/s1. The molecule has 0 unspecified atom stereocenters. The first-order valence-electron chi connectivity index (χ1n) is 7.91. The number of amides is 1. The van der Waals surface area contributed by atoms with Gasteiger partial charge in [0, 0.05) is 13.1 Å². The van der Waals surface area contributed by atoms with Crippen LogP contribution in [-0.4, -0.2) is 59.4 Å². The highest BCUT2D eigenvalue weighted by Crippen LogP contribution is 2.35. The minimum Gasteiger partial charge on any atom is -0.479 e. The highest BCUT2D eigenvalue weighted by molar-refractivity contribution is 5.83. The third-order valence-electron chi connectivity index (χ3n) is 4.90. The van der Waals surface area contributed by atoms with E-state index in [9.17, 15) is 9.59 Å². The Kier molecular flexibility index (Phi) is 4.17. The van der Waals surface area contributed by atoms with E-state index >= 15 is 0 Å². The van der Waals surface area contributed by atoms with Gasteiger partial charge < -0.3 is 19.5 Å². The molecule has 0 aromatic rings. The van der Waals surface area contributed by atoms with Gasteiger partial charge in [0.05, 0.1) is 12.2 Å². The van der Waals surface area contributed by atoms with E-state index in [4.69, 9.17) is 14.6 Å². The molecule has 0 radical (unpaired) electrons. The summed E-state index contributed by atoms with van der Waals surface area (Å²) in [7, 11) is 0. The van der Waals surface area contributed by atoms with Gasteiger partial charge in [-0.2, -0.15) is 0 Å². The average molecular weight is 297 g/mol. The number of hydrogen-bond donors (Lipinski definition) is 1. The molecule has 1 saturated carbocycles. The number of morpholine rings is 1. The molecule has 2 aliphatic heterocycles. The Morgan fingerprint density at radius 1 is 1.10 bits per heavy atom. The molecule has 3 rings (SSSR count). The highest BCUT2D eigenvalue weighted by atomic mass is 16.5. The first kappa shape index (κ1) is 14.8. The summed E-state index contributed by atoms with van der Waals surface area (Å²) in [6.07, 6.45) is 5.08. The van der Waals surface area contributed by atoms with Gasteiger partial charge in [0.2, 0.25) is 0 Å². The Morgan fingerprint density at radius 2 is 1.81 bits per heavy atom. The van der Waals surface area contributed by atoms with E-state index < -0.39 is 18.2 Å². The number of ether oxygens (including phenoxy) is 2. The molecule has 6 nitrogen and oxygen atoms in total. The van der Waals surface area contributed by atoms with Gasteiger partial charge in [-0.15, -0.1) is 0 Å². The number of carboxylic acids is 1. The molecule has 2 saturated heterocycles.